The van der Waals surface area contributed by atoms with Gasteiger partial charge < -0.3 is 26.8 Å². The van der Waals surface area contributed by atoms with Crippen LogP contribution in [0.5, 0.6) is 0 Å². The Morgan fingerprint density at radius 3 is 1.96 bits per heavy atom. The summed E-state index contributed by atoms with van der Waals surface area (Å²) in [5, 5.41) is 18.1. The third-order valence-corrected chi connectivity index (χ3v) is 5.67. The minimum absolute atomic E-state index is 0.0647. The van der Waals surface area contributed by atoms with E-state index in [9.17, 15) is 9.59 Å². The van der Waals surface area contributed by atoms with Crippen LogP contribution in [-0.4, -0.2) is 67.8 Å². The highest BCUT2D eigenvalue weighted by Gasteiger charge is 2.02. The first-order chi connectivity index (χ1) is 12.2. The first-order valence-corrected chi connectivity index (χ1v) is 11.5. The van der Waals surface area contributed by atoms with E-state index in [2.05, 4.69) is 16.0 Å². The van der Waals surface area contributed by atoms with Crippen LogP contribution in [0.2, 0.25) is 0 Å². The van der Waals surface area contributed by atoms with Crippen LogP contribution in [-0.2, 0) is 9.59 Å². The van der Waals surface area contributed by atoms with E-state index in [1.54, 1.807) is 10.8 Å². The van der Waals surface area contributed by atoms with E-state index in [0.29, 0.717) is 24.5 Å². The fourth-order valence-electron chi connectivity index (χ4n) is 1.89. The van der Waals surface area contributed by atoms with Crippen LogP contribution in [0.4, 0.5) is 0 Å². The number of carbonyl (C=O) groups is 2. The Kier molecular flexibility index (Phi) is 19.5. The normalized spacial score (nSPS) is 10.8. The first kappa shape index (κ1) is 24.5. The average Bonchev–Trinajstić information content (AvgIpc) is 2.58. The average molecular weight is 395 g/mol. The van der Waals surface area contributed by atoms with Crippen molar-refractivity contribution >= 4 is 33.5 Å². The van der Waals surface area contributed by atoms with Crippen molar-refractivity contribution in [2.75, 3.05) is 50.8 Å². The molecule has 0 radical (unpaired) electrons. The number of unbranched alkanes of at least 4 members (excludes halogenated alkanes) is 1. The molecule has 0 fully saturated rings. The number of amides is 1. The zero-order valence-corrected chi connectivity index (χ0v) is 16.7. The Bertz CT molecular complexity index is 337. The molecule has 148 valence electrons. The smallest absolute Gasteiger partial charge is 0.304 e. The second-order valence-electron chi connectivity index (χ2n) is 5.59. The largest absolute Gasteiger partial charge is 0.481 e. The summed E-state index contributed by atoms with van der Waals surface area (Å²) in [5.74, 6) is 0.582. The van der Waals surface area contributed by atoms with E-state index < -0.39 is 5.97 Å². The molecule has 9 heteroatoms. The highest BCUT2D eigenvalue weighted by molar-refractivity contribution is 8.76. The van der Waals surface area contributed by atoms with E-state index in [1.165, 1.54) is 10.8 Å². The lowest BCUT2D eigenvalue weighted by Gasteiger charge is -2.07. The predicted molar refractivity (Wildman–Crippen MR) is 108 cm³/mol. The van der Waals surface area contributed by atoms with Gasteiger partial charge in [0.25, 0.3) is 0 Å². The van der Waals surface area contributed by atoms with E-state index in [4.69, 9.17) is 10.8 Å². The molecule has 0 unspecified atom stereocenters. The van der Waals surface area contributed by atoms with Crippen LogP contribution < -0.4 is 21.7 Å². The lowest BCUT2D eigenvalue weighted by molar-refractivity contribution is -0.136. The summed E-state index contributed by atoms with van der Waals surface area (Å²) in [6.45, 7) is 5.42. The van der Waals surface area contributed by atoms with E-state index in [0.717, 1.165) is 58.4 Å². The molecule has 0 heterocycles. The molecule has 0 aromatic rings. The first-order valence-electron chi connectivity index (χ1n) is 9.01. The highest BCUT2D eigenvalue weighted by Crippen LogP contribution is 2.22. The Morgan fingerprint density at radius 1 is 0.800 bits per heavy atom. The molecule has 6 N–H and O–H groups in total. The van der Waals surface area contributed by atoms with Crippen LogP contribution in [0.3, 0.4) is 0 Å². The number of carbonyl (C=O) groups excluding carboxylic acids is 1. The van der Waals surface area contributed by atoms with Crippen molar-refractivity contribution in [3.63, 3.8) is 0 Å². The molecule has 0 bridgehead atoms. The summed E-state index contributed by atoms with van der Waals surface area (Å²) in [7, 11) is 3.06. The monoisotopic (exact) mass is 394 g/mol. The molecule has 0 spiro atoms. The Labute approximate surface area is 159 Å². The van der Waals surface area contributed by atoms with Gasteiger partial charge in [0.2, 0.25) is 5.91 Å². The lowest BCUT2D eigenvalue weighted by Crippen LogP contribution is -2.28. The van der Waals surface area contributed by atoms with Gasteiger partial charge in [-0.2, -0.15) is 0 Å². The summed E-state index contributed by atoms with van der Waals surface area (Å²) in [5.41, 5.74) is 5.42. The molecule has 0 atom stereocenters. The number of nitrogens with one attached hydrogen (secondary N) is 3. The second-order valence-corrected chi connectivity index (χ2v) is 8.29. The second kappa shape index (κ2) is 19.8. The molecule has 1 amide bonds. The molecule has 0 aromatic carbocycles. The van der Waals surface area contributed by atoms with E-state index in [-0.39, 0.29) is 12.3 Å². The minimum atomic E-state index is -0.779. The molecule has 0 saturated carbocycles. The van der Waals surface area contributed by atoms with Gasteiger partial charge in [-0.05, 0) is 58.4 Å². The van der Waals surface area contributed by atoms with Gasteiger partial charge in [0.15, 0.2) is 0 Å². The van der Waals surface area contributed by atoms with Crippen molar-refractivity contribution in [1.29, 1.82) is 0 Å². The van der Waals surface area contributed by atoms with Crippen LogP contribution in [0.15, 0.2) is 0 Å². The molecule has 25 heavy (non-hydrogen) atoms. The number of carboxylic acid groups (broad SMARTS) is 1. The van der Waals surface area contributed by atoms with Gasteiger partial charge >= 0.3 is 5.97 Å². The maximum Gasteiger partial charge on any atom is 0.304 e. The highest BCUT2D eigenvalue weighted by atomic mass is 33.1. The zero-order chi connectivity index (χ0) is 18.6. The van der Waals surface area contributed by atoms with Crippen molar-refractivity contribution < 1.29 is 14.7 Å². The fourth-order valence-corrected chi connectivity index (χ4v) is 3.86. The van der Waals surface area contributed by atoms with Gasteiger partial charge in [-0.3, -0.25) is 9.59 Å². The fraction of sp³-hybridized carbons (Fsp3) is 0.875. The summed E-state index contributed by atoms with van der Waals surface area (Å²) in [6, 6.07) is 0. The number of carboxylic acids is 1. The van der Waals surface area contributed by atoms with Gasteiger partial charge in [0, 0.05) is 24.5 Å². The van der Waals surface area contributed by atoms with Crippen LogP contribution >= 0.6 is 21.6 Å². The van der Waals surface area contributed by atoms with E-state index in [1.807, 2.05) is 0 Å². The predicted octanol–water partition coefficient (Wildman–Crippen LogP) is 1.05. The number of aliphatic carboxylic acids is 1. The van der Waals surface area contributed by atoms with Crippen LogP contribution in [0, 0.1) is 0 Å². The maximum absolute atomic E-state index is 11.6. The summed E-state index contributed by atoms with van der Waals surface area (Å²) >= 11 is 0. The van der Waals surface area contributed by atoms with E-state index >= 15 is 0 Å². The number of nitrogens with two attached hydrogens (primary N) is 1. The van der Waals surface area contributed by atoms with Crippen LogP contribution in [0.25, 0.3) is 0 Å². The van der Waals surface area contributed by atoms with Crippen molar-refractivity contribution in [3.05, 3.63) is 0 Å². The van der Waals surface area contributed by atoms with Crippen molar-refractivity contribution in [2.24, 2.45) is 5.73 Å². The molecular formula is C16H34N4O3S2. The van der Waals surface area contributed by atoms with Crippen molar-refractivity contribution in [1.82, 2.24) is 16.0 Å². The number of rotatable bonds is 19. The molecule has 7 nitrogen and oxygen atoms in total. The molecule has 0 saturated heterocycles. The topological polar surface area (TPSA) is 116 Å². The molecule has 0 aliphatic heterocycles. The summed E-state index contributed by atoms with van der Waals surface area (Å²) < 4.78 is 0. The summed E-state index contributed by atoms with van der Waals surface area (Å²) in [4.78, 5) is 21.9. The minimum Gasteiger partial charge on any atom is -0.481 e. The molecule has 0 aromatic heterocycles. The zero-order valence-electron chi connectivity index (χ0n) is 15.1. The number of hydrogen-bond acceptors (Lipinski definition) is 7. The van der Waals surface area contributed by atoms with Crippen LogP contribution in [0.1, 0.15) is 38.5 Å². The SMILES string of the molecule is NCCCNCCCCNCCCNC(=O)CCSSCCC(=O)O. The Morgan fingerprint density at radius 2 is 1.36 bits per heavy atom. The molecule has 0 aliphatic rings. The third-order valence-electron chi connectivity index (χ3n) is 3.26. The van der Waals surface area contributed by atoms with Gasteiger partial charge in [0.05, 0.1) is 6.42 Å². The third kappa shape index (κ3) is 21.5. The van der Waals surface area contributed by atoms with Gasteiger partial charge in [-0.15, -0.1) is 0 Å². The Balaban J connectivity index is 3.16. The van der Waals surface area contributed by atoms with Crippen molar-refractivity contribution in [3.8, 4) is 0 Å². The van der Waals surface area contributed by atoms with Gasteiger partial charge in [-0.1, -0.05) is 21.6 Å². The quantitative estimate of drug-likeness (QED) is 0.163. The maximum atomic E-state index is 11.6. The molecular weight excluding hydrogens is 360 g/mol. The Hall–Kier alpha value is -0.480. The summed E-state index contributed by atoms with van der Waals surface area (Å²) in [6.07, 6.45) is 4.93. The van der Waals surface area contributed by atoms with Gasteiger partial charge in [-0.25, -0.2) is 0 Å². The van der Waals surface area contributed by atoms with Crippen molar-refractivity contribution in [2.45, 2.75) is 38.5 Å². The lowest BCUT2D eigenvalue weighted by atomic mass is 10.3. The number of hydrogen-bond donors (Lipinski definition) is 5. The molecule has 0 aliphatic carbocycles. The van der Waals surface area contributed by atoms with Gasteiger partial charge in [0.1, 0.15) is 0 Å². The standard InChI is InChI=1S/C16H34N4O3S2/c17-7-3-10-18-8-1-2-9-19-11-4-12-20-15(21)5-13-24-25-14-6-16(22)23/h18-19H,1-14,17H2,(H,20,21)(H,22,23). The molecule has 0 rings (SSSR count).